The molecule has 0 saturated carbocycles. The minimum absolute atomic E-state index is 0.0260. The third-order valence-electron chi connectivity index (χ3n) is 6.50. The smallest absolute Gasteiger partial charge is 0.326 e. The molecule has 9 nitrogen and oxygen atoms in total. The van der Waals surface area contributed by atoms with Crippen LogP contribution in [0.25, 0.3) is 0 Å². The molecule has 0 aromatic heterocycles. The average molecular weight is 455 g/mol. The zero-order valence-corrected chi connectivity index (χ0v) is 20.4. The van der Waals surface area contributed by atoms with Crippen molar-refractivity contribution in [3.8, 4) is 0 Å². The van der Waals surface area contributed by atoms with E-state index in [1.54, 1.807) is 0 Å². The number of hydrogen-bond donors (Lipinski definition) is 4. The predicted molar refractivity (Wildman–Crippen MR) is 123 cm³/mol. The molecule has 32 heavy (non-hydrogen) atoms. The van der Waals surface area contributed by atoms with E-state index in [0.717, 1.165) is 6.42 Å². The van der Waals surface area contributed by atoms with Crippen molar-refractivity contribution >= 4 is 23.7 Å². The standard InChI is InChI=1S/C23H42N4O5/c1-7-14(5)18(24)21(29)26-19(15(6)8-2)22(30)27-11-9-10-17(27)20(28)25-16(23(31)32)12-13(3)4/h13-19H,7-12,24H2,1-6H3,(H,25,28)(H,26,29)(H,31,32). The Balaban J connectivity index is 2.99. The first-order chi connectivity index (χ1) is 14.9. The third kappa shape index (κ3) is 7.46. The molecule has 1 heterocycles. The van der Waals surface area contributed by atoms with Crippen molar-refractivity contribution in [2.45, 2.75) is 97.8 Å². The van der Waals surface area contributed by atoms with Gasteiger partial charge in [-0.25, -0.2) is 4.79 Å². The summed E-state index contributed by atoms with van der Waals surface area (Å²) in [5.41, 5.74) is 6.06. The molecule has 0 aromatic carbocycles. The van der Waals surface area contributed by atoms with Crippen LogP contribution >= 0.6 is 0 Å². The predicted octanol–water partition coefficient (Wildman–Crippen LogP) is 1.50. The van der Waals surface area contributed by atoms with E-state index in [9.17, 15) is 24.3 Å². The summed E-state index contributed by atoms with van der Waals surface area (Å²) < 4.78 is 0. The molecule has 1 fully saturated rings. The molecule has 1 saturated heterocycles. The summed E-state index contributed by atoms with van der Waals surface area (Å²) in [6.07, 6.45) is 2.81. The number of rotatable bonds is 12. The molecule has 0 radical (unpaired) electrons. The summed E-state index contributed by atoms with van der Waals surface area (Å²) in [6.45, 7) is 11.8. The molecule has 1 aliphatic rings. The van der Waals surface area contributed by atoms with E-state index >= 15 is 0 Å². The van der Waals surface area contributed by atoms with Gasteiger partial charge in [0, 0.05) is 6.54 Å². The fourth-order valence-corrected chi connectivity index (χ4v) is 3.89. The van der Waals surface area contributed by atoms with Gasteiger partial charge < -0.3 is 26.4 Å². The number of nitrogens with zero attached hydrogens (tertiary/aromatic N) is 1. The Morgan fingerprint density at radius 1 is 1.03 bits per heavy atom. The highest BCUT2D eigenvalue weighted by molar-refractivity contribution is 5.94. The van der Waals surface area contributed by atoms with Gasteiger partial charge in [0.15, 0.2) is 0 Å². The molecule has 1 rings (SSSR count). The maximum absolute atomic E-state index is 13.4. The number of nitrogens with one attached hydrogen (secondary N) is 2. The van der Waals surface area contributed by atoms with Gasteiger partial charge in [0.25, 0.3) is 0 Å². The quantitative estimate of drug-likeness (QED) is 0.352. The van der Waals surface area contributed by atoms with Crippen LogP contribution in [0.2, 0.25) is 0 Å². The van der Waals surface area contributed by atoms with E-state index in [4.69, 9.17) is 5.73 Å². The summed E-state index contributed by atoms with van der Waals surface area (Å²) in [7, 11) is 0. The van der Waals surface area contributed by atoms with Crippen molar-refractivity contribution in [2.75, 3.05) is 6.54 Å². The van der Waals surface area contributed by atoms with Gasteiger partial charge in [-0.1, -0.05) is 54.4 Å². The number of aliphatic carboxylic acids is 1. The normalized spacial score (nSPS) is 20.9. The first kappa shape index (κ1) is 27.9. The molecular weight excluding hydrogens is 412 g/mol. The lowest BCUT2D eigenvalue weighted by Crippen LogP contribution is -2.59. The second-order valence-corrected chi connectivity index (χ2v) is 9.50. The van der Waals surface area contributed by atoms with Crippen molar-refractivity contribution in [3.63, 3.8) is 0 Å². The van der Waals surface area contributed by atoms with E-state index in [1.807, 2.05) is 41.5 Å². The largest absolute Gasteiger partial charge is 0.480 e. The number of likely N-dealkylation sites (tertiary alicyclic amines) is 1. The number of carbonyl (C=O) groups excluding carboxylic acids is 3. The fraction of sp³-hybridized carbons (Fsp3) is 0.826. The van der Waals surface area contributed by atoms with Gasteiger partial charge in [-0.15, -0.1) is 0 Å². The summed E-state index contributed by atoms with van der Waals surface area (Å²) in [4.78, 5) is 52.0. The van der Waals surface area contributed by atoms with Gasteiger partial charge in [-0.05, 0) is 37.0 Å². The monoisotopic (exact) mass is 454 g/mol. The maximum atomic E-state index is 13.4. The minimum atomic E-state index is -1.09. The zero-order chi connectivity index (χ0) is 24.6. The minimum Gasteiger partial charge on any atom is -0.480 e. The highest BCUT2D eigenvalue weighted by Crippen LogP contribution is 2.22. The van der Waals surface area contributed by atoms with Crippen LogP contribution in [0.3, 0.4) is 0 Å². The van der Waals surface area contributed by atoms with E-state index in [1.165, 1.54) is 4.90 Å². The van der Waals surface area contributed by atoms with Crippen LogP contribution in [-0.2, 0) is 19.2 Å². The highest BCUT2D eigenvalue weighted by Gasteiger charge is 2.40. The second kappa shape index (κ2) is 12.8. The Hall–Kier alpha value is -2.16. The number of nitrogens with two attached hydrogens (primary N) is 1. The highest BCUT2D eigenvalue weighted by atomic mass is 16.4. The van der Waals surface area contributed by atoms with Gasteiger partial charge in [0.05, 0.1) is 6.04 Å². The Morgan fingerprint density at radius 3 is 2.12 bits per heavy atom. The Morgan fingerprint density at radius 2 is 1.62 bits per heavy atom. The molecular formula is C23H42N4O5. The zero-order valence-electron chi connectivity index (χ0n) is 20.4. The molecule has 3 amide bonds. The van der Waals surface area contributed by atoms with Crippen LogP contribution in [0.4, 0.5) is 0 Å². The molecule has 0 spiro atoms. The van der Waals surface area contributed by atoms with Crippen molar-refractivity contribution < 1.29 is 24.3 Å². The Labute approximate surface area is 191 Å². The molecule has 184 valence electrons. The van der Waals surface area contributed by atoms with E-state index in [-0.39, 0.29) is 29.6 Å². The van der Waals surface area contributed by atoms with Crippen LogP contribution in [0.5, 0.6) is 0 Å². The Bertz CT molecular complexity index is 669. The number of carboxylic acid groups (broad SMARTS) is 1. The van der Waals surface area contributed by atoms with Crippen molar-refractivity contribution in [1.29, 1.82) is 0 Å². The van der Waals surface area contributed by atoms with Crippen LogP contribution < -0.4 is 16.4 Å². The average Bonchev–Trinajstić information content (AvgIpc) is 3.24. The fourth-order valence-electron chi connectivity index (χ4n) is 3.89. The van der Waals surface area contributed by atoms with Gasteiger partial charge >= 0.3 is 5.97 Å². The molecule has 6 atom stereocenters. The third-order valence-corrected chi connectivity index (χ3v) is 6.50. The molecule has 0 bridgehead atoms. The van der Waals surface area contributed by atoms with Gasteiger partial charge in [-0.3, -0.25) is 14.4 Å². The van der Waals surface area contributed by atoms with E-state index < -0.39 is 36.0 Å². The summed E-state index contributed by atoms with van der Waals surface area (Å²) >= 11 is 0. The SMILES string of the molecule is CCC(C)C(N)C(=O)NC(C(=O)N1CCCC1C(=O)NC(CC(C)C)C(=O)O)C(C)CC. The lowest BCUT2D eigenvalue weighted by molar-refractivity contribution is -0.145. The molecule has 1 aliphatic heterocycles. The van der Waals surface area contributed by atoms with Crippen LogP contribution in [0, 0.1) is 17.8 Å². The van der Waals surface area contributed by atoms with E-state index in [2.05, 4.69) is 10.6 Å². The van der Waals surface area contributed by atoms with Crippen molar-refractivity contribution in [2.24, 2.45) is 23.5 Å². The lowest BCUT2D eigenvalue weighted by Gasteiger charge is -2.32. The van der Waals surface area contributed by atoms with Crippen molar-refractivity contribution in [3.05, 3.63) is 0 Å². The van der Waals surface area contributed by atoms with Crippen LogP contribution in [0.1, 0.15) is 73.6 Å². The molecule has 0 aromatic rings. The number of carbonyl (C=O) groups is 4. The summed E-state index contributed by atoms with van der Waals surface area (Å²) in [5.74, 6) is -2.33. The van der Waals surface area contributed by atoms with Crippen LogP contribution in [0.15, 0.2) is 0 Å². The van der Waals surface area contributed by atoms with Gasteiger partial charge in [0.1, 0.15) is 18.1 Å². The molecule has 9 heteroatoms. The lowest BCUT2D eigenvalue weighted by atomic mass is 9.95. The van der Waals surface area contributed by atoms with Gasteiger partial charge in [-0.2, -0.15) is 0 Å². The van der Waals surface area contributed by atoms with Gasteiger partial charge in [0.2, 0.25) is 17.7 Å². The summed E-state index contributed by atoms with van der Waals surface area (Å²) in [5, 5.41) is 14.9. The van der Waals surface area contributed by atoms with Crippen LogP contribution in [-0.4, -0.2) is 64.4 Å². The topological polar surface area (TPSA) is 142 Å². The first-order valence-electron chi connectivity index (χ1n) is 11.8. The maximum Gasteiger partial charge on any atom is 0.326 e. The second-order valence-electron chi connectivity index (χ2n) is 9.50. The number of amides is 3. The van der Waals surface area contributed by atoms with E-state index in [0.29, 0.717) is 32.2 Å². The molecule has 0 aliphatic carbocycles. The summed E-state index contributed by atoms with van der Waals surface area (Å²) in [6, 6.07) is -3.26. The molecule has 6 unspecified atom stereocenters. The molecule has 5 N–H and O–H groups in total. The number of hydrogen-bond acceptors (Lipinski definition) is 5. The first-order valence-corrected chi connectivity index (χ1v) is 11.8. The Kier molecular flexibility index (Phi) is 11.1. The van der Waals surface area contributed by atoms with Crippen molar-refractivity contribution in [1.82, 2.24) is 15.5 Å². The number of carboxylic acids is 1.